The molecule has 1 aromatic heterocycles. The molecule has 2 aliphatic heterocycles. The molecule has 1 N–H and O–H groups in total. The predicted molar refractivity (Wildman–Crippen MR) is 103 cm³/mol. The molecule has 1 amide bonds. The fourth-order valence-electron chi connectivity index (χ4n) is 3.61. The lowest BCUT2D eigenvalue weighted by Gasteiger charge is -2.31. The van der Waals surface area contributed by atoms with Crippen molar-refractivity contribution in [1.29, 1.82) is 5.26 Å². The van der Waals surface area contributed by atoms with Gasteiger partial charge in [0, 0.05) is 31.4 Å². The lowest BCUT2D eigenvalue weighted by atomic mass is 9.97. The molecule has 4 rings (SSSR count). The minimum atomic E-state index is -0.216. The van der Waals surface area contributed by atoms with Gasteiger partial charge in [-0.15, -0.1) is 0 Å². The first kappa shape index (κ1) is 18.0. The summed E-state index contributed by atoms with van der Waals surface area (Å²) in [5.41, 5.74) is 2.32. The second kappa shape index (κ2) is 7.69. The number of nitrogens with zero attached hydrogens (tertiary/aromatic N) is 3. The number of aryl methyl sites for hydroxylation is 1. The summed E-state index contributed by atoms with van der Waals surface area (Å²) in [6.45, 7) is 1.43. The van der Waals surface area contributed by atoms with Crippen molar-refractivity contribution < 1.29 is 14.3 Å². The summed E-state index contributed by atoms with van der Waals surface area (Å²) in [4.78, 5) is 30.4. The topological polar surface area (TPSA) is 95.3 Å². The van der Waals surface area contributed by atoms with Gasteiger partial charge in [0.25, 0.3) is 0 Å². The molecule has 1 aromatic carbocycles. The number of anilines is 2. The maximum atomic E-state index is 12.6. The van der Waals surface area contributed by atoms with Crippen molar-refractivity contribution in [2.24, 2.45) is 5.92 Å². The molecule has 0 aliphatic carbocycles. The van der Waals surface area contributed by atoms with Crippen LogP contribution in [0.2, 0.25) is 0 Å². The standard InChI is InChI=1S/C21H20N4O3/c22-12-14-1-5-19(23-13-14)25-9-7-15(8-10-25)21(27)28-17-3-4-18-16(11-17)2-6-20(26)24-18/h1,3-5,11,13,15H,2,6-10H2,(H,24,26). The number of carbonyl (C=O) groups is 2. The van der Waals surface area contributed by atoms with E-state index < -0.39 is 0 Å². The number of benzene rings is 1. The fourth-order valence-corrected chi connectivity index (χ4v) is 3.61. The normalized spacial score (nSPS) is 16.7. The van der Waals surface area contributed by atoms with Gasteiger partial charge in [0.2, 0.25) is 5.91 Å². The third-order valence-corrected chi connectivity index (χ3v) is 5.22. The van der Waals surface area contributed by atoms with Gasteiger partial charge >= 0.3 is 5.97 Å². The lowest BCUT2D eigenvalue weighted by Crippen LogP contribution is -2.38. The Morgan fingerprint density at radius 2 is 2.04 bits per heavy atom. The Hall–Kier alpha value is -3.40. The number of piperidine rings is 1. The van der Waals surface area contributed by atoms with Crippen LogP contribution in [0.15, 0.2) is 36.5 Å². The molecule has 0 unspecified atom stereocenters. The summed E-state index contributed by atoms with van der Waals surface area (Å²) in [7, 11) is 0. The summed E-state index contributed by atoms with van der Waals surface area (Å²) < 4.78 is 5.60. The van der Waals surface area contributed by atoms with Crippen LogP contribution in [0.1, 0.15) is 30.4 Å². The van der Waals surface area contributed by atoms with Crippen molar-refractivity contribution in [3.05, 3.63) is 47.7 Å². The molecule has 7 heteroatoms. The number of ether oxygens (including phenoxy) is 1. The van der Waals surface area contributed by atoms with Crippen molar-refractivity contribution in [2.75, 3.05) is 23.3 Å². The Bertz CT molecular complexity index is 941. The van der Waals surface area contributed by atoms with Crippen LogP contribution in [0.4, 0.5) is 11.5 Å². The summed E-state index contributed by atoms with van der Waals surface area (Å²) in [6, 6.07) is 11.0. The SMILES string of the molecule is N#Cc1ccc(N2CCC(C(=O)Oc3ccc4c(c3)CCC(=O)N4)CC2)nc1. The number of carbonyl (C=O) groups excluding carboxylic acids is 2. The van der Waals surface area contributed by atoms with E-state index in [-0.39, 0.29) is 17.8 Å². The van der Waals surface area contributed by atoms with E-state index in [2.05, 4.69) is 21.3 Å². The first-order valence-electron chi connectivity index (χ1n) is 9.38. The number of hydrogen-bond donors (Lipinski definition) is 1. The van der Waals surface area contributed by atoms with Crippen LogP contribution in [0, 0.1) is 17.2 Å². The van der Waals surface area contributed by atoms with Gasteiger partial charge in [-0.3, -0.25) is 9.59 Å². The zero-order valence-corrected chi connectivity index (χ0v) is 15.4. The summed E-state index contributed by atoms with van der Waals surface area (Å²) in [5.74, 6) is 0.997. The molecule has 0 radical (unpaired) electrons. The lowest BCUT2D eigenvalue weighted by molar-refractivity contribution is -0.139. The van der Waals surface area contributed by atoms with Gasteiger partial charge < -0.3 is 15.0 Å². The zero-order chi connectivity index (χ0) is 19.5. The molecule has 0 saturated carbocycles. The van der Waals surface area contributed by atoms with Gasteiger partial charge in [-0.05, 0) is 55.2 Å². The number of aromatic nitrogens is 1. The van der Waals surface area contributed by atoms with Crippen molar-refractivity contribution >= 4 is 23.4 Å². The number of hydrogen-bond acceptors (Lipinski definition) is 6. The number of nitriles is 1. The van der Waals surface area contributed by atoms with E-state index >= 15 is 0 Å². The molecule has 2 aromatic rings. The predicted octanol–water partition coefficient (Wildman–Crippen LogP) is 2.66. The number of fused-ring (bicyclic) bond motifs is 1. The van der Waals surface area contributed by atoms with Crippen LogP contribution in [0.25, 0.3) is 0 Å². The molecule has 0 atom stereocenters. The highest BCUT2D eigenvalue weighted by atomic mass is 16.5. The minimum absolute atomic E-state index is 0.0146. The molecule has 1 fully saturated rings. The van der Waals surface area contributed by atoms with Crippen LogP contribution >= 0.6 is 0 Å². The third kappa shape index (κ3) is 3.81. The van der Waals surface area contributed by atoms with Crippen LogP contribution < -0.4 is 15.0 Å². The van der Waals surface area contributed by atoms with Gasteiger partial charge in [-0.25, -0.2) is 4.98 Å². The monoisotopic (exact) mass is 376 g/mol. The smallest absolute Gasteiger partial charge is 0.314 e. The van der Waals surface area contributed by atoms with Gasteiger partial charge in [0.1, 0.15) is 17.6 Å². The number of rotatable bonds is 3. The van der Waals surface area contributed by atoms with Crippen LogP contribution in [-0.2, 0) is 16.0 Å². The molecule has 142 valence electrons. The van der Waals surface area contributed by atoms with E-state index in [1.165, 1.54) is 0 Å². The Morgan fingerprint density at radius 3 is 2.75 bits per heavy atom. The number of esters is 1. The van der Waals surface area contributed by atoms with E-state index in [1.807, 2.05) is 12.1 Å². The molecule has 2 aliphatic rings. The quantitative estimate of drug-likeness (QED) is 0.654. The first-order valence-corrected chi connectivity index (χ1v) is 9.38. The Kier molecular flexibility index (Phi) is 4.94. The first-order chi connectivity index (χ1) is 13.6. The summed E-state index contributed by atoms with van der Waals surface area (Å²) in [5, 5.41) is 11.7. The highest BCUT2D eigenvalue weighted by Gasteiger charge is 2.27. The fraction of sp³-hybridized carbons (Fsp3) is 0.333. The Labute approximate surface area is 162 Å². The summed E-state index contributed by atoms with van der Waals surface area (Å²) >= 11 is 0. The third-order valence-electron chi connectivity index (χ3n) is 5.22. The molecular weight excluding hydrogens is 356 g/mol. The average Bonchev–Trinajstić information content (AvgIpc) is 2.74. The summed E-state index contributed by atoms with van der Waals surface area (Å²) in [6.07, 6.45) is 4.06. The highest BCUT2D eigenvalue weighted by molar-refractivity contribution is 5.94. The molecule has 1 saturated heterocycles. The zero-order valence-electron chi connectivity index (χ0n) is 15.4. The average molecular weight is 376 g/mol. The second-order valence-corrected chi connectivity index (χ2v) is 7.07. The van der Waals surface area contributed by atoms with Gasteiger partial charge in [0.05, 0.1) is 11.5 Å². The van der Waals surface area contributed by atoms with Gasteiger partial charge in [-0.2, -0.15) is 5.26 Å². The number of amides is 1. The largest absolute Gasteiger partial charge is 0.426 e. The highest BCUT2D eigenvalue weighted by Crippen LogP contribution is 2.28. The van der Waals surface area contributed by atoms with E-state index in [0.717, 1.165) is 30.2 Å². The van der Waals surface area contributed by atoms with E-state index in [9.17, 15) is 9.59 Å². The molecule has 28 heavy (non-hydrogen) atoms. The van der Waals surface area contributed by atoms with E-state index in [4.69, 9.17) is 10.00 Å². The van der Waals surface area contributed by atoms with Crippen LogP contribution in [-0.4, -0.2) is 29.9 Å². The van der Waals surface area contributed by atoms with E-state index in [1.54, 1.807) is 24.4 Å². The molecule has 3 heterocycles. The van der Waals surface area contributed by atoms with Gasteiger partial charge in [-0.1, -0.05) is 0 Å². The molecule has 7 nitrogen and oxygen atoms in total. The second-order valence-electron chi connectivity index (χ2n) is 7.07. The Morgan fingerprint density at radius 1 is 1.21 bits per heavy atom. The maximum Gasteiger partial charge on any atom is 0.314 e. The van der Waals surface area contributed by atoms with Gasteiger partial charge in [0.15, 0.2) is 0 Å². The van der Waals surface area contributed by atoms with Crippen LogP contribution in [0.5, 0.6) is 5.75 Å². The number of nitrogens with one attached hydrogen (secondary N) is 1. The molecule has 0 bridgehead atoms. The van der Waals surface area contributed by atoms with Crippen molar-refractivity contribution in [2.45, 2.75) is 25.7 Å². The Balaban J connectivity index is 1.34. The number of pyridine rings is 1. The van der Waals surface area contributed by atoms with Crippen molar-refractivity contribution in [3.8, 4) is 11.8 Å². The van der Waals surface area contributed by atoms with Crippen molar-refractivity contribution in [1.82, 2.24) is 4.98 Å². The van der Waals surface area contributed by atoms with E-state index in [0.29, 0.717) is 37.0 Å². The minimum Gasteiger partial charge on any atom is -0.426 e. The van der Waals surface area contributed by atoms with Crippen LogP contribution in [0.3, 0.4) is 0 Å². The maximum absolute atomic E-state index is 12.6. The molecular formula is C21H20N4O3. The molecule has 0 spiro atoms. The van der Waals surface area contributed by atoms with Crippen molar-refractivity contribution in [3.63, 3.8) is 0 Å².